The summed E-state index contributed by atoms with van der Waals surface area (Å²) in [5, 5.41) is 11.3. The minimum absolute atomic E-state index is 0.0993. The highest BCUT2D eigenvalue weighted by Gasteiger charge is 2.10. The Hall–Kier alpha value is -2.60. The Balaban J connectivity index is 1.52. The Morgan fingerprint density at radius 1 is 1.08 bits per heavy atom. The van der Waals surface area contributed by atoms with E-state index in [0.29, 0.717) is 17.5 Å². The molecule has 0 saturated heterocycles. The van der Waals surface area contributed by atoms with Gasteiger partial charge in [-0.3, -0.25) is 4.79 Å². The van der Waals surface area contributed by atoms with Crippen LogP contribution in [0.15, 0.2) is 58.2 Å². The molecule has 0 fully saturated rings. The standard InChI is InChI=1S/C19H19N3O2S/c1-13-8-14(2)10-16(9-13)20-17(23)12-25-19-22-21-18(24-19)11-15-6-4-3-5-7-15/h3-10H,11-12H2,1-2H3,(H,20,23). The van der Waals surface area contributed by atoms with Crippen molar-refractivity contribution in [2.75, 3.05) is 11.1 Å². The van der Waals surface area contributed by atoms with Crippen molar-refractivity contribution in [2.24, 2.45) is 0 Å². The maximum atomic E-state index is 12.1. The number of aromatic nitrogens is 2. The number of rotatable bonds is 6. The van der Waals surface area contributed by atoms with Crippen molar-refractivity contribution in [3.8, 4) is 0 Å². The summed E-state index contributed by atoms with van der Waals surface area (Å²) in [5.74, 6) is 0.668. The van der Waals surface area contributed by atoms with Crippen LogP contribution in [0, 0.1) is 13.8 Å². The number of hydrogen-bond donors (Lipinski definition) is 1. The van der Waals surface area contributed by atoms with Crippen LogP contribution in [0.4, 0.5) is 5.69 Å². The van der Waals surface area contributed by atoms with Crippen LogP contribution >= 0.6 is 11.8 Å². The molecule has 25 heavy (non-hydrogen) atoms. The maximum Gasteiger partial charge on any atom is 0.277 e. The summed E-state index contributed by atoms with van der Waals surface area (Å²) in [5.41, 5.74) is 4.14. The van der Waals surface area contributed by atoms with Crippen LogP contribution in [0.3, 0.4) is 0 Å². The molecule has 1 N–H and O–H groups in total. The Morgan fingerprint density at radius 3 is 2.52 bits per heavy atom. The van der Waals surface area contributed by atoms with Gasteiger partial charge in [0.15, 0.2) is 0 Å². The third-order valence-corrected chi connectivity index (χ3v) is 4.30. The molecule has 1 aromatic heterocycles. The number of nitrogens with zero attached hydrogens (tertiary/aromatic N) is 2. The molecule has 0 saturated carbocycles. The van der Waals surface area contributed by atoms with Gasteiger partial charge in [0.25, 0.3) is 5.22 Å². The van der Waals surface area contributed by atoms with Crippen molar-refractivity contribution in [3.63, 3.8) is 0 Å². The largest absolute Gasteiger partial charge is 0.416 e. The predicted octanol–water partition coefficient (Wildman–Crippen LogP) is 4.01. The Kier molecular flexibility index (Phi) is 5.50. The number of thioether (sulfide) groups is 1. The van der Waals surface area contributed by atoms with Gasteiger partial charge in [0.1, 0.15) is 0 Å². The van der Waals surface area contributed by atoms with Crippen LogP contribution in [-0.4, -0.2) is 21.9 Å². The summed E-state index contributed by atoms with van der Waals surface area (Å²) in [6.07, 6.45) is 0.586. The molecule has 0 unspecified atom stereocenters. The molecule has 128 valence electrons. The highest BCUT2D eigenvalue weighted by molar-refractivity contribution is 7.99. The van der Waals surface area contributed by atoms with Gasteiger partial charge in [0.2, 0.25) is 11.8 Å². The van der Waals surface area contributed by atoms with E-state index in [4.69, 9.17) is 4.42 Å². The lowest BCUT2D eigenvalue weighted by atomic mass is 10.1. The van der Waals surface area contributed by atoms with Crippen LogP contribution in [0.25, 0.3) is 0 Å². The molecule has 0 aliphatic carbocycles. The molecule has 5 nitrogen and oxygen atoms in total. The molecule has 0 bridgehead atoms. The predicted molar refractivity (Wildman–Crippen MR) is 98.8 cm³/mol. The second-order valence-electron chi connectivity index (χ2n) is 5.84. The number of hydrogen-bond acceptors (Lipinski definition) is 5. The van der Waals surface area contributed by atoms with Gasteiger partial charge in [-0.25, -0.2) is 0 Å². The van der Waals surface area contributed by atoms with Gasteiger partial charge < -0.3 is 9.73 Å². The van der Waals surface area contributed by atoms with Crippen LogP contribution in [0.2, 0.25) is 0 Å². The zero-order valence-corrected chi connectivity index (χ0v) is 15.0. The fourth-order valence-electron chi connectivity index (χ4n) is 2.51. The zero-order valence-electron chi connectivity index (χ0n) is 14.2. The molecule has 0 aliphatic rings. The van der Waals surface area contributed by atoms with E-state index in [-0.39, 0.29) is 11.7 Å². The summed E-state index contributed by atoms with van der Waals surface area (Å²) in [7, 11) is 0. The lowest BCUT2D eigenvalue weighted by Gasteiger charge is -2.06. The van der Waals surface area contributed by atoms with Gasteiger partial charge in [0, 0.05) is 5.69 Å². The van der Waals surface area contributed by atoms with Crippen LogP contribution in [0.1, 0.15) is 22.6 Å². The second-order valence-corrected chi connectivity index (χ2v) is 6.76. The molecule has 0 spiro atoms. The third-order valence-electron chi connectivity index (χ3n) is 3.48. The number of anilines is 1. The highest BCUT2D eigenvalue weighted by atomic mass is 32.2. The van der Waals surface area contributed by atoms with Crippen molar-refractivity contribution < 1.29 is 9.21 Å². The van der Waals surface area contributed by atoms with E-state index in [9.17, 15) is 4.79 Å². The number of amides is 1. The molecular weight excluding hydrogens is 334 g/mol. The van der Waals surface area contributed by atoms with Crippen LogP contribution in [0.5, 0.6) is 0 Å². The van der Waals surface area contributed by atoms with E-state index in [1.54, 1.807) is 0 Å². The first-order valence-corrected chi connectivity index (χ1v) is 8.94. The van der Waals surface area contributed by atoms with Gasteiger partial charge in [-0.1, -0.05) is 48.2 Å². The molecule has 0 atom stereocenters. The first kappa shape index (κ1) is 17.2. The summed E-state index contributed by atoms with van der Waals surface area (Å²) >= 11 is 1.24. The Bertz CT molecular complexity index is 842. The number of carbonyl (C=O) groups is 1. The molecule has 2 aromatic carbocycles. The Labute approximate surface area is 150 Å². The highest BCUT2D eigenvalue weighted by Crippen LogP contribution is 2.19. The van der Waals surface area contributed by atoms with Gasteiger partial charge in [-0.2, -0.15) is 0 Å². The average Bonchev–Trinajstić information content (AvgIpc) is 3.00. The van der Waals surface area contributed by atoms with Crippen molar-refractivity contribution in [2.45, 2.75) is 25.5 Å². The fraction of sp³-hybridized carbons (Fsp3) is 0.211. The first-order chi connectivity index (χ1) is 12.1. The average molecular weight is 353 g/mol. The number of nitrogens with one attached hydrogen (secondary N) is 1. The molecule has 3 rings (SSSR count). The monoisotopic (exact) mass is 353 g/mol. The smallest absolute Gasteiger partial charge is 0.277 e. The second kappa shape index (κ2) is 7.98. The lowest BCUT2D eigenvalue weighted by molar-refractivity contribution is -0.113. The minimum atomic E-state index is -0.0993. The summed E-state index contributed by atoms with van der Waals surface area (Å²) in [6, 6.07) is 15.9. The number of carbonyl (C=O) groups excluding carboxylic acids is 1. The van der Waals surface area contributed by atoms with Crippen molar-refractivity contribution in [3.05, 3.63) is 71.1 Å². The van der Waals surface area contributed by atoms with Gasteiger partial charge in [0.05, 0.1) is 12.2 Å². The summed E-state index contributed by atoms with van der Waals surface area (Å²) in [4.78, 5) is 12.1. The maximum absolute atomic E-state index is 12.1. The van der Waals surface area contributed by atoms with E-state index in [0.717, 1.165) is 22.4 Å². The summed E-state index contributed by atoms with van der Waals surface area (Å²) < 4.78 is 5.59. The van der Waals surface area contributed by atoms with Crippen LogP contribution in [-0.2, 0) is 11.2 Å². The minimum Gasteiger partial charge on any atom is -0.416 e. The quantitative estimate of drug-likeness (QED) is 0.678. The Morgan fingerprint density at radius 2 is 1.80 bits per heavy atom. The van der Waals surface area contributed by atoms with Gasteiger partial charge in [-0.15, -0.1) is 10.2 Å². The van der Waals surface area contributed by atoms with Crippen molar-refractivity contribution in [1.82, 2.24) is 10.2 Å². The molecule has 6 heteroatoms. The van der Waals surface area contributed by atoms with E-state index in [1.165, 1.54) is 11.8 Å². The van der Waals surface area contributed by atoms with E-state index < -0.39 is 0 Å². The molecular formula is C19H19N3O2S. The zero-order chi connectivity index (χ0) is 17.6. The molecule has 1 amide bonds. The molecule has 0 radical (unpaired) electrons. The molecule has 1 heterocycles. The summed E-state index contributed by atoms with van der Waals surface area (Å²) in [6.45, 7) is 4.01. The molecule has 0 aliphatic heterocycles. The van der Waals surface area contributed by atoms with E-state index in [1.807, 2.05) is 56.3 Å². The number of benzene rings is 2. The van der Waals surface area contributed by atoms with Crippen molar-refractivity contribution >= 4 is 23.4 Å². The van der Waals surface area contributed by atoms with E-state index in [2.05, 4.69) is 21.6 Å². The normalized spacial score (nSPS) is 10.6. The lowest BCUT2D eigenvalue weighted by Crippen LogP contribution is -2.14. The third kappa shape index (κ3) is 5.19. The van der Waals surface area contributed by atoms with Crippen molar-refractivity contribution in [1.29, 1.82) is 0 Å². The fourth-order valence-corrected chi connectivity index (χ4v) is 3.09. The number of aryl methyl sites for hydroxylation is 2. The molecule has 3 aromatic rings. The SMILES string of the molecule is Cc1cc(C)cc(NC(=O)CSc2nnc(Cc3ccccc3)o2)c1. The van der Waals surface area contributed by atoms with Crippen LogP contribution < -0.4 is 5.32 Å². The van der Waals surface area contributed by atoms with E-state index >= 15 is 0 Å². The van der Waals surface area contributed by atoms with Gasteiger partial charge >= 0.3 is 0 Å². The first-order valence-electron chi connectivity index (χ1n) is 7.96. The topological polar surface area (TPSA) is 68.0 Å². The van der Waals surface area contributed by atoms with Gasteiger partial charge in [-0.05, 0) is 42.7 Å².